The van der Waals surface area contributed by atoms with Gasteiger partial charge in [0.1, 0.15) is 34.1 Å². The van der Waals surface area contributed by atoms with Gasteiger partial charge in [-0.2, -0.15) is 0 Å². The molecule has 0 spiro atoms. The molecule has 11 nitrogen and oxygen atoms in total. The third kappa shape index (κ3) is 16.3. The maximum absolute atomic E-state index is 11.6. The predicted octanol–water partition coefficient (Wildman–Crippen LogP) is 8.35. The van der Waals surface area contributed by atoms with Crippen molar-refractivity contribution in [2.24, 2.45) is 0 Å². The summed E-state index contributed by atoms with van der Waals surface area (Å²) in [6.07, 6.45) is 0. The van der Waals surface area contributed by atoms with Crippen LogP contribution in [0.4, 0.5) is 0 Å². The Balaban J connectivity index is 0.000000353. The molecule has 0 unspecified atom stereocenters. The SMILES string of the molecule is COCOc1cc(C)cc(C)c1.COCOc1cc(C)cc(C)c1C(=O)O.COCOc1cc(C)cc(C)c1C(=O)OC.Cc1cc(C)cc(O)c1. The van der Waals surface area contributed by atoms with E-state index in [1.807, 2.05) is 78.8 Å². The van der Waals surface area contributed by atoms with E-state index >= 15 is 0 Å². The van der Waals surface area contributed by atoms with Gasteiger partial charge in [0.25, 0.3) is 0 Å². The molecule has 0 heterocycles. The number of phenolic OH excluding ortho intramolecular Hbond substituents is 1. The van der Waals surface area contributed by atoms with Gasteiger partial charge in [0.05, 0.1) is 7.11 Å². The van der Waals surface area contributed by atoms with Crippen LogP contribution >= 0.6 is 0 Å². The van der Waals surface area contributed by atoms with Gasteiger partial charge in [-0.3, -0.25) is 0 Å². The van der Waals surface area contributed by atoms with E-state index in [0.29, 0.717) is 35.2 Å². The highest BCUT2D eigenvalue weighted by Gasteiger charge is 2.17. The van der Waals surface area contributed by atoms with E-state index in [2.05, 4.69) is 6.07 Å². The molecular weight excluding hydrogens is 668 g/mol. The van der Waals surface area contributed by atoms with Crippen molar-refractivity contribution in [1.82, 2.24) is 0 Å². The summed E-state index contributed by atoms with van der Waals surface area (Å²) in [6.45, 7) is 15.9. The van der Waals surface area contributed by atoms with Crippen molar-refractivity contribution in [1.29, 1.82) is 0 Å². The number of hydrogen-bond acceptors (Lipinski definition) is 10. The van der Waals surface area contributed by atoms with Crippen molar-refractivity contribution in [3.05, 3.63) is 116 Å². The molecule has 284 valence electrons. The number of carboxylic acids is 1. The van der Waals surface area contributed by atoms with Crippen molar-refractivity contribution in [2.45, 2.75) is 55.4 Å². The number of esters is 1. The van der Waals surface area contributed by atoms with Crippen molar-refractivity contribution < 1.29 is 53.0 Å². The third-order valence-corrected chi connectivity index (χ3v) is 6.90. The molecule has 52 heavy (non-hydrogen) atoms. The molecule has 0 saturated carbocycles. The molecule has 0 fully saturated rings. The Labute approximate surface area is 308 Å². The summed E-state index contributed by atoms with van der Waals surface area (Å²) in [7, 11) is 5.98. The Bertz CT molecular complexity index is 1660. The summed E-state index contributed by atoms with van der Waals surface area (Å²) >= 11 is 0. The lowest BCUT2D eigenvalue weighted by atomic mass is 10.0. The van der Waals surface area contributed by atoms with Crippen molar-refractivity contribution in [3.63, 3.8) is 0 Å². The summed E-state index contributed by atoms with van der Waals surface area (Å²) in [5, 5.41) is 18.0. The minimum absolute atomic E-state index is 0.0448. The first-order valence-electron chi connectivity index (χ1n) is 16.3. The quantitative estimate of drug-likeness (QED) is 0.114. The number of carbonyl (C=O) groups is 2. The summed E-state index contributed by atoms with van der Waals surface area (Å²) in [5.74, 6) is 0.678. The standard InChI is InChI=1S/C12H16O4.C11H14O4.C10H14O2.C8H10O/c1-8-5-9(2)11(12(13)15-4)10(6-8)16-7-14-3;1-7-4-8(2)10(11(12)13)9(5-7)15-6-14-3;1-8-4-9(2)6-10(5-8)12-7-11-3;1-6-3-7(2)5-8(9)4-6/h5-6H,7H2,1-4H3;4-5H,6H2,1-3H3,(H,12,13);4-6H,7H2,1-3H3;3-5,9H,1-2H3. The second-order valence-electron chi connectivity index (χ2n) is 12.0. The number of carbonyl (C=O) groups excluding carboxylic acids is 1. The van der Waals surface area contributed by atoms with Crippen molar-refractivity contribution in [3.8, 4) is 23.0 Å². The topological polar surface area (TPSA) is 139 Å². The fraction of sp³-hybridized carbons (Fsp3) is 0.366. The van der Waals surface area contributed by atoms with Crippen LogP contribution in [-0.2, 0) is 18.9 Å². The Kier molecular flexibility index (Phi) is 20.2. The van der Waals surface area contributed by atoms with E-state index in [4.69, 9.17) is 43.4 Å². The van der Waals surface area contributed by atoms with Gasteiger partial charge in [-0.25, -0.2) is 9.59 Å². The number of benzene rings is 4. The maximum atomic E-state index is 11.6. The van der Waals surface area contributed by atoms with Crippen LogP contribution in [0.15, 0.2) is 60.7 Å². The minimum atomic E-state index is -0.987. The highest BCUT2D eigenvalue weighted by Crippen LogP contribution is 2.26. The molecule has 2 N–H and O–H groups in total. The van der Waals surface area contributed by atoms with E-state index in [0.717, 1.165) is 33.6 Å². The highest BCUT2D eigenvalue weighted by atomic mass is 16.7. The summed E-state index contributed by atoms with van der Waals surface area (Å²) in [6, 6.07) is 18.8. The Morgan fingerprint density at radius 2 is 0.865 bits per heavy atom. The van der Waals surface area contributed by atoms with Gasteiger partial charge in [0.15, 0.2) is 20.4 Å². The van der Waals surface area contributed by atoms with Gasteiger partial charge in [-0.1, -0.05) is 24.3 Å². The maximum Gasteiger partial charge on any atom is 0.341 e. The van der Waals surface area contributed by atoms with Gasteiger partial charge in [-0.15, -0.1) is 0 Å². The number of hydrogen-bond donors (Lipinski definition) is 2. The van der Waals surface area contributed by atoms with Gasteiger partial charge in [0, 0.05) is 21.3 Å². The van der Waals surface area contributed by atoms with Crippen LogP contribution in [0.3, 0.4) is 0 Å². The van der Waals surface area contributed by atoms with Gasteiger partial charge in [0.2, 0.25) is 0 Å². The zero-order valence-corrected chi connectivity index (χ0v) is 32.5. The third-order valence-electron chi connectivity index (χ3n) is 6.90. The molecule has 4 aromatic carbocycles. The first-order chi connectivity index (χ1) is 24.6. The fourth-order valence-electron chi connectivity index (χ4n) is 5.06. The molecule has 0 bridgehead atoms. The molecule has 0 radical (unpaired) electrons. The zero-order valence-electron chi connectivity index (χ0n) is 32.5. The number of ether oxygens (including phenoxy) is 7. The van der Waals surface area contributed by atoms with Crippen LogP contribution in [0.5, 0.6) is 23.0 Å². The van der Waals surface area contributed by atoms with Crippen LogP contribution < -0.4 is 14.2 Å². The molecule has 0 aliphatic carbocycles. The molecule has 4 rings (SSSR count). The molecular formula is C41H54O11. The molecule has 0 amide bonds. The molecule has 0 aliphatic rings. The number of carboxylic acid groups (broad SMARTS) is 1. The number of aromatic carboxylic acids is 1. The van der Waals surface area contributed by atoms with Crippen molar-refractivity contribution >= 4 is 11.9 Å². The monoisotopic (exact) mass is 722 g/mol. The molecule has 0 aliphatic heterocycles. The zero-order chi connectivity index (χ0) is 39.4. The van der Waals surface area contributed by atoms with Gasteiger partial charge < -0.3 is 43.4 Å². The second-order valence-corrected chi connectivity index (χ2v) is 12.0. The second kappa shape index (κ2) is 23.4. The lowest BCUT2D eigenvalue weighted by Gasteiger charge is -2.12. The van der Waals surface area contributed by atoms with Crippen LogP contribution in [0, 0.1) is 55.4 Å². The van der Waals surface area contributed by atoms with E-state index < -0.39 is 11.9 Å². The normalized spacial score (nSPS) is 9.92. The molecule has 0 aromatic heterocycles. The van der Waals surface area contributed by atoms with E-state index in [-0.39, 0.29) is 19.1 Å². The fourth-order valence-corrected chi connectivity index (χ4v) is 5.06. The largest absolute Gasteiger partial charge is 0.508 e. The number of aryl methyl sites for hydroxylation is 8. The van der Waals surface area contributed by atoms with Crippen molar-refractivity contribution in [2.75, 3.05) is 48.8 Å². The van der Waals surface area contributed by atoms with Gasteiger partial charge in [-0.05, 0) is 136 Å². The first kappa shape index (κ1) is 44.9. The minimum Gasteiger partial charge on any atom is -0.508 e. The summed E-state index contributed by atoms with van der Waals surface area (Å²) < 4.78 is 34.9. The lowest BCUT2D eigenvalue weighted by Crippen LogP contribution is -2.09. The lowest BCUT2D eigenvalue weighted by molar-refractivity contribution is 0.0461. The van der Waals surface area contributed by atoms with Crippen LogP contribution in [0.1, 0.15) is 65.2 Å². The first-order valence-corrected chi connectivity index (χ1v) is 16.3. The highest BCUT2D eigenvalue weighted by molar-refractivity contribution is 5.94. The molecule has 11 heteroatoms. The Hall–Kier alpha value is -5.10. The van der Waals surface area contributed by atoms with E-state index in [9.17, 15) is 9.59 Å². The number of rotatable bonds is 11. The Morgan fingerprint density at radius 1 is 0.500 bits per heavy atom. The summed E-state index contributed by atoms with van der Waals surface area (Å²) in [4.78, 5) is 22.6. The predicted molar refractivity (Wildman–Crippen MR) is 201 cm³/mol. The van der Waals surface area contributed by atoms with Crippen LogP contribution in [0.25, 0.3) is 0 Å². The number of phenols is 1. The molecule has 0 saturated heterocycles. The van der Waals surface area contributed by atoms with E-state index in [1.54, 1.807) is 38.3 Å². The van der Waals surface area contributed by atoms with Gasteiger partial charge >= 0.3 is 11.9 Å². The number of aromatic hydroxyl groups is 1. The number of methoxy groups -OCH3 is 4. The van der Waals surface area contributed by atoms with Crippen LogP contribution in [-0.4, -0.2) is 71.0 Å². The Morgan fingerprint density at radius 3 is 1.25 bits per heavy atom. The molecule has 4 aromatic rings. The molecule has 0 atom stereocenters. The summed E-state index contributed by atoms with van der Waals surface area (Å²) in [5.41, 5.74) is 8.77. The average Bonchev–Trinajstić information content (AvgIpc) is 3.04. The van der Waals surface area contributed by atoms with E-state index in [1.165, 1.54) is 32.5 Å². The van der Waals surface area contributed by atoms with Crippen LogP contribution in [0.2, 0.25) is 0 Å². The average molecular weight is 723 g/mol. The smallest absolute Gasteiger partial charge is 0.341 e.